The first-order valence-electron chi connectivity index (χ1n) is 5.39. The van der Waals surface area contributed by atoms with E-state index in [4.69, 9.17) is 11.6 Å². The third-order valence-corrected chi connectivity index (χ3v) is 3.63. The van der Waals surface area contributed by atoms with Crippen LogP contribution < -0.4 is 0 Å². The molecule has 1 atom stereocenters. The lowest BCUT2D eigenvalue weighted by molar-refractivity contribution is 0.581. The summed E-state index contributed by atoms with van der Waals surface area (Å²) in [6.07, 6.45) is 3.99. The zero-order chi connectivity index (χ0) is 11.1. The van der Waals surface area contributed by atoms with Crippen molar-refractivity contribution in [1.29, 1.82) is 0 Å². The number of nitrogens with zero attached hydrogens (tertiary/aromatic N) is 3. The minimum absolute atomic E-state index is 0.00349. The van der Waals surface area contributed by atoms with Crippen molar-refractivity contribution in [3.05, 3.63) is 11.9 Å². The smallest absolute Gasteiger partial charge is 0.100 e. The Balaban J connectivity index is 2.33. The van der Waals surface area contributed by atoms with E-state index in [9.17, 15) is 0 Å². The summed E-state index contributed by atoms with van der Waals surface area (Å²) < 4.78 is 1.89. The van der Waals surface area contributed by atoms with Crippen molar-refractivity contribution >= 4 is 23.4 Å². The fourth-order valence-corrected chi connectivity index (χ4v) is 1.97. The molecule has 0 bridgehead atoms. The Morgan fingerprint density at radius 3 is 3.00 bits per heavy atom. The minimum atomic E-state index is 0.00349. The van der Waals surface area contributed by atoms with Crippen molar-refractivity contribution in [2.24, 2.45) is 0 Å². The minimum Gasteiger partial charge on any atom is -0.252 e. The van der Waals surface area contributed by atoms with E-state index in [1.807, 2.05) is 22.6 Å². The molecule has 0 amide bonds. The highest BCUT2D eigenvalue weighted by molar-refractivity contribution is 7.99. The molecule has 1 heterocycles. The topological polar surface area (TPSA) is 30.7 Å². The highest BCUT2D eigenvalue weighted by Crippen LogP contribution is 2.20. The molecule has 0 saturated carbocycles. The summed E-state index contributed by atoms with van der Waals surface area (Å²) in [5.74, 6) is 2.37. The van der Waals surface area contributed by atoms with Gasteiger partial charge in [-0.15, -0.1) is 16.7 Å². The first kappa shape index (κ1) is 12.8. The van der Waals surface area contributed by atoms with Gasteiger partial charge in [0.05, 0.1) is 5.38 Å². The van der Waals surface area contributed by atoms with Crippen molar-refractivity contribution in [3.8, 4) is 0 Å². The van der Waals surface area contributed by atoms with Crippen LogP contribution in [0.15, 0.2) is 6.20 Å². The quantitative estimate of drug-likeness (QED) is 0.548. The summed E-state index contributed by atoms with van der Waals surface area (Å²) >= 11 is 8.03. The molecule has 86 valence electrons. The lowest BCUT2D eigenvalue weighted by atomic mass is 10.3. The summed E-state index contributed by atoms with van der Waals surface area (Å²) in [6, 6.07) is 0. The molecule has 0 aliphatic heterocycles. The summed E-state index contributed by atoms with van der Waals surface area (Å²) in [4.78, 5) is 0. The summed E-state index contributed by atoms with van der Waals surface area (Å²) in [6.45, 7) is 5.17. The molecule has 3 nitrogen and oxygen atoms in total. The van der Waals surface area contributed by atoms with Gasteiger partial charge in [0.25, 0.3) is 0 Å². The third-order valence-electron chi connectivity index (χ3n) is 2.12. The molecular formula is C10H18ClN3S. The van der Waals surface area contributed by atoms with Crippen LogP contribution in [-0.4, -0.2) is 26.5 Å². The molecule has 1 unspecified atom stereocenters. The van der Waals surface area contributed by atoms with Crippen molar-refractivity contribution in [2.45, 2.75) is 38.6 Å². The van der Waals surface area contributed by atoms with Crippen LogP contribution in [0.5, 0.6) is 0 Å². The lowest BCUT2D eigenvalue weighted by Gasteiger charge is -2.00. The van der Waals surface area contributed by atoms with Gasteiger partial charge < -0.3 is 0 Å². The second-order valence-corrected chi connectivity index (χ2v) is 5.25. The maximum absolute atomic E-state index is 6.07. The molecule has 15 heavy (non-hydrogen) atoms. The van der Waals surface area contributed by atoms with E-state index in [0.29, 0.717) is 0 Å². The van der Waals surface area contributed by atoms with Crippen LogP contribution >= 0.6 is 23.4 Å². The molecule has 0 fully saturated rings. The monoisotopic (exact) mass is 247 g/mol. The zero-order valence-corrected chi connectivity index (χ0v) is 10.9. The van der Waals surface area contributed by atoms with E-state index >= 15 is 0 Å². The Hall–Kier alpha value is -0.220. The predicted octanol–water partition coefficient (Wildman–Crippen LogP) is 3.11. The summed E-state index contributed by atoms with van der Waals surface area (Å²) in [5.41, 5.74) is 0.891. The molecule has 1 aromatic rings. The van der Waals surface area contributed by atoms with Gasteiger partial charge in [0.1, 0.15) is 5.69 Å². The number of rotatable bonds is 7. The Morgan fingerprint density at radius 2 is 2.33 bits per heavy atom. The summed E-state index contributed by atoms with van der Waals surface area (Å²) in [5, 5.41) is 8.12. The number of alkyl halides is 1. The van der Waals surface area contributed by atoms with Gasteiger partial charge in [-0.3, -0.25) is 4.68 Å². The Morgan fingerprint density at radius 1 is 1.53 bits per heavy atom. The number of hydrogen-bond acceptors (Lipinski definition) is 3. The molecule has 5 heteroatoms. The fourth-order valence-electron chi connectivity index (χ4n) is 1.25. The van der Waals surface area contributed by atoms with Gasteiger partial charge in [0, 0.05) is 12.7 Å². The molecule has 0 spiro atoms. The van der Waals surface area contributed by atoms with Crippen molar-refractivity contribution in [2.75, 3.05) is 11.5 Å². The van der Waals surface area contributed by atoms with Crippen LogP contribution in [0, 0.1) is 0 Å². The van der Waals surface area contributed by atoms with Gasteiger partial charge in [-0.25, -0.2) is 0 Å². The molecule has 1 rings (SSSR count). The number of thioether (sulfide) groups is 1. The van der Waals surface area contributed by atoms with Crippen LogP contribution in [0.4, 0.5) is 0 Å². The van der Waals surface area contributed by atoms with Crippen molar-refractivity contribution in [1.82, 2.24) is 15.0 Å². The maximum atomic E-state index is 6.07. The van der Waals surface area contributed by atoms with Gasteiger partial charge in [0.15, 0.2) is 0 Å². The standard InChI is InChI=1S/C10H18ClN3S/c1-3-9(11)10-8-14(13-12-10)6-5-7-15-4-2/h8-9H,3-7H2,1-2H3. The lowest BCUT2D eigenvalue weighted by Crippen LogP contribution is -1.99. The average molecular weight is 248 g/mol. The second kappa shape index (κ2) is 7.12. The van der Waals surface area contributed by atoms with Gasteiger partial charge >= 0.3 is 0 Å². The molecule has 0 saturated heterocycles. The molecule has 0 aliphatic rings. The van der Waals surface area contributed by atoms with Crippen molar-refractivity contribution in [3.63, 3.8) is 0 Å². The Kier molecular flexibility index (Phi) is 6.10. The largest absolute Gasteiger partial charge is 0.252 e. The van der Waals surface area contributed by atoms with E-state index in [2.05, 4.69) is 24.2 Å². The predicted molar refractivity (Wildman–Crippen MR) is 66.5 cm³/mol. The summed E-state index contributed by atoms with van der Waals surface area (Å²) in [7, 11) is 0. The van der Waals surface area contributed by atoms with Crippen LogP contribution in [0.3, 0.4) is 0 Å². The molecule has 0 aliphatic carbocycles. The van der Waals surface area contributed by atoms with Gasteiger partial charge in [-0.1, -0.05) is 19.1 Å². The average Bonchev–Trinajstić information content (AvgIpc) is 2.72. The first-order chi connectivity index (χ1) is 7.27. The van der Waals surface area contributed by atoms with E-state index in [-0.39, 0.29) is 5.38 Å². The van der Waals surface area contributed by atoms with Gasteiger partial charge in [-0.2, -0.15) is 11.8 Å². The maximum Gasteiger partial charge on any atom is 0.100 e. The van der Waals surface area contributed by atoms with E-state index in [1.165, 1.54) is 11.5 Å². The highest BCUT2D eigenvalue weighted by Gasteiger charge is 2.09. The Bertz CT molecular complexity index is 277. The van der Waals surface area contributed by atoms with Crippen molar-refractivity contribution < 1.29 is 0 Å². The number of halogens is 1. The number of aromatic nitrogens is 3. The van der Waals surface area contributed by atoms with E-state index < -0.39 is 0 Å². The van der Waals surface area contributed by atoms with E-state index in [1.54, 1.807) is 0 Å². The SMILES string of the molecule is CCSCCCn1cc(C(Cl)CC)nn1. The fraction of sp³-hybridized carbons (Fsp3) is 0.800. The van der Waals surface area contributed by atoms with Crippen LogP contribution in [0.2, 0.25) is 0 Å². The Labute approximate surface area is 101 Å². The zero-order valence-electron chi connectivity index (χ0n) is 9.32. The molecule has 0 radical (unpaired) electrons. The van der Waals surface area contributed by atoms with Crippen LogP contribution in [0.1, 0.15) is 37.8 Å². The van der Waals surface area contributed by atoms with Gasteiger partial charge in [-0.05, 0) is 24.3 Å². The number of hydrogen-bond donors (Lipinski definition) is 0. The molecule has 1 aromatic heterocycles. The van der Waals surface area contributed by atoms with Crippen LogP contribution in [0.25, 0.3) is 0 Å². The van der Waals surface area contributed by atoms with Crippen LogP contribution in [-0.2, 0) is 6.54 Å². The molecular weight excluding hydrogens is 230 g/mol. The normalized spacial score (nSPS) is 13.0. The third kappa shape index (κ3) is 4.43. The van der Waals surface area contributed by atoms with E-state index in [0.717, 1.165) is 25.1 Å². The number of aryl methyl sites for hydroxylation is 1. The molecule has 0 N–H and O–H groups in total. The van der Waals surface area contributed by atoms with Gasteiger partial charge in [0.2, 0.25) is 0 Å². The molecule has 0 aromatic carbocycles. The second-order valence-electron chi connectivity index (χ2n) is 3.33. The first-order valence-corrected chi connectivity index (χ1v) is 6.98. The highest BCUT2D eigenvalue weighted by atomic mass is 35.5.